The maximum atomic E-state index is 12.3. The number of fused-ring (bicyclic) bond motifs is 5. The number of anilines is 1. The zero-order valence-electron chi connectivity index (χ0n) is 13.9. The highest BCUT2D eigenvalue weighted by Gasteiger charge is 2.38. The van der Waals surface area contributed by atoms with Crippen molar-refractivity contribution in [2.24, 2.45) is 0 Å². The summed E-state index contributed by atoms with van der Waals surface area (Å²) in [6.07, 6.45) is 0.928. The molecule has 2 aliphatic heterocycles. The van der Waals surface area contributed by atoms with Crippen LogP contribution in [0.2, 0.25) is 0 Å². The standard InChI is InChI=1S/C19H20N2O3/c1-23-16-9-12-7-8-21-11-18(22)20-15-6-4-3-5-13(15)19(21)14(12)10-17(16)24-2/h3-6,9-10,19H,7-8,11H2,1-2H3,(H,20,22)/p+1/t19-/m1/s1. The molecule has 2 aliphatic rings. The molecule has 0 aliphatic carbocycles. The molecular weight excluding hydrogens is 304 g/mol. The average molecular weight is 325 g/mol. The van der Waals surface area contributed by atoms with Gasteiger partial charge < -0.3 is 19.7 Å². The van der Waals surface area contributed by atoms with Gasteiger partial charge in [0.1, 0.15) is 6.04 Å². The van der Waals surface area contributed by atoms with Crippen molar-refractivity contribution in [1.29, 1.82) is 0 Å². The number of hydrogen-bond donors (Lipinski definition) is 2. The van der Waals surface area contributed by atoms with E-state index in [2.05, 4.69) is 23.5 Å². The van der Waals surface area contributed by atoms with Gasteiger partial charge in [-0.05, 0) is 23.8 Å². The molecule has 124 valence electrons. The Labute approximate surface area is 141 Å². The molecule has 1 amide bonds. The summed E-state index contributed by atoms with van der Waals surface area (Å²) >= 11 is 0. The fourth-order valence-corrected chi connectivity index (χ4v) is 3.92. The Balaban J connectivity index is 1.91. The zero-order valence-corrected chi connectivity index (χ0v) is 13.9. The van der Waals surface area contributed by atoms with Gasteiger partial charge in [0.25, 0.3) is 5.91 Å². The van der Waals surface area contributed by atoms with Gasteiger partial charge in [0.2, 0.25) is 0 Å². The van der Waals surface area contributed by atoms with Crippen LogP contribution in [0.25, 0.3) is 0 Å². The van der Waals surface area contributed by atoms with Crippen LogP contribution in [0, 0.1) is 0 Å². The maximum Gasteiger partial charge on any atom is 0.279 e. The summed E-state index contributed by atoms with van der Waals surface area (Å²) in [7, 11) is 3.32. The smallest absolute Gasteiger partial charge is 0.279 e. The summed E-state index contributed by atoms with van der Waals surface area (Å²) in [6, 6.07) is 12.4. The molecule has 0 radical (unpaired) electrons. The number of para-hydroxylation sites is 1. The Morgan fingerprint density at radius 3 is 2.62 bits per heavy atom. The molecule has 4 rings (SSSR count). The lowest BCUT2D eigenvalue weighted by Gasteiger charge is -2.33. The van der Waals surface area contributed by atoms with Crippen LogP contribution < -0.4 is 19.7 Å². The topological polar surface area (TPSA) is 52.0 Å². The zero-order chi connectivity index (χ0) is 16.7. The Bertz CT molecular complexity index is 803. The number of benzene rings is 2. The Morgan fingerprint density at radius 2 is 1.83 bits per heavy atom. The van der Waals surface area contributed by atoms with Gasteiger partial charge in [-0.3, -0.25) is 4.79 Å². The van der Waals surface area contributed by atoms with Crippen molar-refractivity contribution in [3.8, 4) is 11.5 Å². The van der Waals surface area contributed by atoms with Crippen molar-refractivity contribution in [3.05, 3.63) is 53.1 Å². The fraction of sp³-hybridized carbons (Fsp3) is 0.316. The molecule has 0 spiro atoms. The van der Waals surface area contributed by atoms with Crippen molar-refractivity contribution in [1.82, 2.24) is 0 Å². The molecule has 5 heteroatoms. The van der Waals surface area contributed by atoms with E-state index >= 15 is 0 Å². The van der Waals surface area contributed by atoms with Crippen LogP contribution in [0.15, 0.2) is 36.4 Å². The molecule has 2 atom stereocenters. The van der Waals surface area contributed by atoms with Crippen LogP contribution in [0.1, 0.15) is 22.7 Å². The SMILES string of the molecule is COc1cc2c(cc1OC)[C@H]1c3ccccc3NC(=O)C[NH+]1CC2. The molecule has 0 bridgehead atoms. The second-order valence-corrected chi connectivity index (χ2v) is 6.31. The van der Waals surface area contributed by atoms with Crippen LogP contribution in [0.3, 0.4) is 0 Å². The minimum Gasteiger partial charge on any atom is -0.493 e. The lowest BCUT2D eigenvalue weighted by molar-refractivity contribution is -0.919. The van der Waals surface area contributed by atoms with Gasteiger partial charge in [0.15, 0.2) is 18.0 Å². The number of quaternary nitrogens is 1. The molecule has 2 aromatic carbocycles. The quantitative estimate of drug-likeness (QED) is 0.872. The lowest BCUT2D eigenvalue weighted by atomic mass is 9.87. The first-order valence-corrected chi connectivity index (χ1v) is 8.19. The predicted molar refractivity (Wildman–Crippen MR) is 90.9 cm³/mol. The molecule has 2 N–H and O–H groups in total. The van der Waals surface area contributed by atoms with E-state index in [1.54, 1.807) is 14.2 Å². The van der Waals surface area contributed by atoms with Gasteiger partial charge in [-0.1, -0.05) is 18.2 Å². The molecule has 1 unspecified atom stereocenters. The molecule has 5 nitrogen and oxygen atoms in total. The third kappa shape index (κ3) is 2.32. The lowest BCUT2D eigenvalue weighted by Crippen LogP contribution is -3.14. The monoisotopic (exact) mass is 325 g/mol. The maximum absolute atomic E-state index is 12.3. The van der Waals surface area contributed by atoms with Gasteiger partial charge in [-0.25, -0.2) is 0 Å². The van der Waals surface area contributed by atoms with Crippen LogP contribution in [-0.2, 0) is 11.2 Å². The van der Waals surface area contributed by atoms with Crippen LogP contribution in [0.4, 0.5) is 5.69 Å². The molecule has 2 heterocycles. The largest absolute Gasteiger partial charge is 0.493 e. The third-order valence-corrected chi connectivity index (χ3v) is 5.01. The first-order valence-electron chi connectivity index (χ1n) is 8.19. The number of methoxy groups -OCH3 is 2. The first-order chi connectivity index (χ1) is 11.7. The highest BCUT2D eigenvalue weighted by molar-refractivity contribution is 5.93. The Morgan fingerprint density at radius 1 is 1.08 bits per heavy atom. The summed E-state index contributed by atoms with van der Waals surface area (Å²) in [6.45, 7) is 1.40. The number of ether oxygens (including phenoxy) is 2. The molecule has 0 saturated carbocycles. The second-order valence-electron chi connectivity index (χ2n) is 6.31. The van der Waals surface area contributed by atoms with Crippen LogP contribution in [0.5, 0.6) is 11.5 Å². The van der Waals surface area contributed by atoms with Gasteiger partial charge in [0.05, 0.1) is 26.5 Å². The molecule has 24 heavy (non-hydrogen) atoms. The number of carbonyl (C=O) groups is 1. The van der Waals surface area contributed by atoms with Crippen molar-refractivity contribution in [2.75, 3.05) is 32.6 Å². The van der Waals surface area contributed by atoms with Gasteiger partial charge in [-0.2, -0.15) is 0 Å². The van der Waals surface area contributed by atoms with Gasteiger partial charge in [0, 0.05) is 17.5 Å². The van der Waals surface area contributed by atoms with Crippen LogP contribution >= 0.6 is 0 Å². The normalized spacial score (nSPS) is 21.7. The Hall–Kier alpha value is -2.53. The van der Waals surface area contributed by atoms with E-state index < -0.39 is 0 Å². The van der Waals surface area contributed by atoms with Crippen molar-refractivity contribution in [2.45, 2.75) is 12.5 Å². The van der Waals surface area contributed by atoms with E-state index in [-0.39, 0.29) is 11.9 Å². The van der Waals surface area contributed by atoms with Crippen LogP contribution in [-0.4, -0.2) is 33.2 Å². The molecule has 0 fully saturated rings. The summed E-state index contributed by atoms with van der Waals surface area (Å²) in [5, 5.41) is 3.05. The molecule has 0 aromatic heterocycles. The summed E-state index contributed by atoms with van der Waals surface area (Å²) in [5.74, 6) is 1.57. The third-order valence-electron chi connectivity index (χ3n) is 5.01. The summed E-state index contributed by atoms with van der Waals surface area (Å²) < 4.78 is 11.0. The molecular formula is C19H21N2O3+. The van der Waals surface area contributed by atoms with Crippen molar-refractivity contribution < 1.29 is 19.2 Å². The minimum absolute atomic E-state index is 0.0730. The van der Waals surface area contributed by atoms with Gasteiger partial charge in [-0.15, -0.1) is 0 Å². The van der Waals surface area contributed by atoms with Crippen molar-refractivity contribution >= 4 is 11.6 Å². The highest BCUT2D eigenvalue weighted by Crippen LogP contribution is 2.38. The van der Waals surface area contributed by atoms with Gasteiger partial charge >= 0.3 is 0 Å². The average Bonchev–Trinajstić information content (AvgIpc) is 2.75. The number of rotatable bonds is 2. The van der Waals surface area contributed by atoms with E-state index in [0.29, 0.717) is 6.54 Å². The van der Waals surface area contributed by atoms with E-state index in [1.807, 2.05) is 18.2 Å². The number of amides is 1. The van der Waals surface area contributed by atoms with E-state index in [0.717, 1.165) is 35.7 Å². The number of carbonyl (C=O) groups excluding carboxylic acids is 1. The summed E-state index contributed by atoms with van der Waals surface area (Å²) in [5.41, 5.74) is 4.56. The first kappa shape index (κ1) is 15.0. The number of hydrogen-bond acceptors (Lipinski definition) is 3. The van der Waals surface area contributed by atoms with E-state index in [4.69, 9.17) is 9.47 Å². The van der Waals surface area contributed by atoms with E-state index in [9.17, 15) is 4.79 Å². The highest BCUT2D eigenvalue weighted by atomic mass is 16.5. The summed E-state index contributed by atoms with van der Waals surface area (Å²) in [4.78, 5) is 13.5. The van der Waals surface area contributed by atoms with Crippen molar-refractivity contribution in [3.63, 3.8) is 0 Å². The second kappa shape index (κ2) is 5.83. The fourth-order valence-electron chi connectivity index (χ4n) is 3.92. The van der Waals surface area contributed by atoms with E-state index in [1.165, 1.54) is 16.0 Å². The number of nitrogens with one attached hydrogen (secondary N) is 2. The molecule has 0 saturated heterocycles. The Kier molecular flexibility index (Phi) is 3.65. The molecule has 2 aromatic rings. The predicted octanol–water partition coefficient (Wildman–Crippen LogP) is 1.19. The minimum atomic E-state index is 0.0730.